The zero-order valence-electron chi connectivity index (χ0n) is 20.8. The van der Waals surface area contributed by atoms with E-state index in [0.717, 1.165) is 25.5 Å². The second kappa shape index (κ2) is 9.19. The highest BCUT2D eigenvalue weighted by molar-refractivity contribution is 5.91. The van der Waals surface area contributed by atoms with Crippen LogP contribution in [-0.4, -0.2) is 43.0 Å². The Kier molecular flexibility index (Phi) is 5.93. The Balaban J connectivity index is 1.46. The predicted molar refractivity (Wildman–Crippen MR) is 131 cm³/mol. The number of nitrogens with zero attached hydrogens (tertiary/aromatic N) is 6. The Morgan fingerprint density at radius 1 is 1.13 bits per heavy atom. The number of methoxy groups -OCH3 is 1. The standard InChI is InChI=1S/C26H25F3N6O3/c1-34-24(36)18-10-19(14-7-8-38-20(9-14)16-12-31-35(13-16)17-4-5-17)32-22(15-3-6-21(37-2)30-11-15)23(18)33-25(34)26(27,28)29/h3,6,10-14,17,20H,4-5,7-9H2,1-2H3. The maximum Gasteiger partial charge on any atom is 0.449 e. The first-order valence-corrected chi connectivity index (χ1v) is 12.4. The zero-order valence-corrected chi connectivity index (χ0v) is 20.8. The molecule has 2 unspecified atom stereocenters. The summed E-state index contributed by atoms with van der Waals surface area (Å²) in [5, 5.41) is 4.54. The molecule has 0 N–H and O–H groups in total. The van der Waals surface area contributed by atoms with Crippen LogP contribution in [0.3, 0.4) is 0 Å². The van der Waals surface area contributed by atoms with Gasteiger partial charge in [-0.25, -0.2) is 9.97 Å². The molecule has 0 amide bonds. The molecule has 1 saturated carbocycles. The number of aromatic nitrogens is 6. The summed E-state index contributed by atoms with van der Waals surface area (Å²) in [5.74, 6) is -1.03. The first-order valence-electron chi connectivity index (χ1n) is 12.4. The van der Waals surface area contributed by atoms with Crippen LogP contribution in [0.4, 0.5) is 13.2 Å². The van der Waals surface area contributed by atoms with Crippen molar-refractivity contribution >= 4 is 10.9 Å². The summed E-state index contributed by atoms with van der Waals surface area (Å²) in [6.07, 6.45) is 3.79. The van der Waals surface area contributed by atoms with E-state index in [1.54, 1.807) is 18.2 Å². The van der Waals surface area contributed by atoms with Gasteiger partial charge in [0.25, 0.3) is 5.56 Å². The van der Waals surface area contributed by atoms with Crippen LogP contribution in [-0.2, 0) is 18.0 Å². The fraction of sp³-hybridized carbons (Fsp3) is 0.423. The van der Waals surface area contributed by atoms with Gasteiger partial charge in [-0.05, 0) is 37.8 Å². The zero-order chi connectivity index (χ0) is 26.6. The van der Waals surface area contributed by atoms with Gasteiger partial charge in [0.1, 0.15) is 5.52 Å². The van der Waals surface area contributed by atoms with E-state index in [0.29, 0.717) is 47.2 Å². The van der Waals surface area contributed by atoms with E-state index in [4.69, 9.17) is 14.5 Å². The number of hydrogen-bond acceptors (Lipinski definition) is 7. The minimum Gasteiger partial charge on any atom is -0.481 e. The van der Waals surface area contributed by atoms with Crippen molar-refractivity contribution in [2.24, 2.45) is 7.05 Å². The first kappa shape index (κ1) is 24.5. The SMILES string of the molecule is COc1ccc(-c2nc(C3CCOC(c4cnn(C5CC5)c4)C3)cc3c(=O)n(C)c(C(F)(F)F)nc23)cn1. The maximum atomic E-state index is 13.7. The van der Waals surface area contributed by atoms with Crippen LogP contribution in [0.1, 0.15) is 60.8 Å². The largest absolute Gasteiger partial charge is 0.481 e. The third-order valence-electron chi connectivity index (χ3n) is 7.17. The minimum atomic E-state index is -4.81. The highest BCUT2D eigenvalue weighted by Crippen LogP contribution is 2.40. The van der Waals surface area contributed by atoms with Crippen LogP contribution >= 0.6 is 0 Å². The van der Waals surface area contributed by atoms with Crippen LogP contribution in [0.25, 0.3) is 22.2 Å². The fourth-order valence-electron chi connectivity index (χ4n) is 4.95. The van der Waals surface area contributed by atoms with Crippen LogP contribution < -0.4 is 10.3 Å². The summed E-state index contributed by atoms with van der Waals surface area (Å²) in [6, 6.07) is 5.26. The lowest BCUT2D eigenvalue weighted by Gasteiger charge is -2.29. The molecule has 9 nitrogen and oxygen atoms in total. The maximum absolute atomic E-state index is 13.7. The molecule has 2 aliphatic rings. The van der Waals surface area contributed by atoms with E-state index < -0.39 is 17.6 Å². The topological polar surface area (TPSA) is 97.0 Å². The molecule has 6 rings (SSSR count). The summed E-state index contributed by atoms with van der Waals surface area (Å²) in [7, 11) is 2.54. The fourth-order valence-corrected chi connectivity index (χ4v) is 4.95. The number of fused-ring (bicyclic) bond motifs is 1. The molecular formula is C26H25F3N6O3. The summed E-state index contributed by atoms with van der Waals surface area (Å²) in [6.45, 7) is 0.479. The van der Waals surface area contributed by atoms with E-state index in [1.807, 2.05) is 17.1 Å². The normalized spacial score (nSPS) is 20.1. The molecule has 38 heavy (non-hydrogen) atoms. The van der Waals surface area contributed by atoms with Crippen molar-refractivity contribution in [2.75, 3.05) is 13.7 Å². The molecule has 12 heteroatoms. The Morgan fingerprint density at radius 2 is 1.95 bits per heavy atom. The van der Waals surface area contributed by atoms with Gasteiger partial charge in [-0.15, -0.1) is 0 Å². The number of alkyl halides is 3. The van der Waals surface area contributed by atoms with Crippen molar-refractivity contribution in [1.29, 1.82) is 0 Å². The molecule has 4 aromatic rings. The molecule has 5 heterocycles. The molecule has 2 fully saturated rings. The molecule has 2 atom stereocenters. The molecule has 0 spiro atoms. The molecule has 0 radical (unpaired) electrons. The molecule has 1 saturated heterocycles. The lowest BCUT2D eigenvalue weighted by atomic mass is 9.89. The van der Waals surface area contributed by atoms with Gasteiger partial charge in [-0.3, -0.25) is 19.0 Å². The molecule has 0 aromatic carbocycles. The third-order valence-corrected chi connectivity index (χ3v) is 7.17. The van der Waals surface area contributed by atoms with Crippen molar-refractivity contribution in [3.05, 3.63) is 64.2 Å². The van der Waals surface area contributed by atoms with Crippen molar-refractivity contribution < 1.29 is 22.6 Å². The van der Waals surface area contributed by atoms with E-state index in [-0.39, 0.29) is 28.6 Å². The van der Waals surface area contributed by atoms with Gasteiger partial charge in [0.2, 0.25) is 11.7 Å². The van der Waals surface area contributed by atoms with E-state index in [1.165, 1.54) is 13.3 Å². The van der Waals surface area contributed by atoms with E-state index in [9.17, 15) is 18.0 Å². The van der Waals surface area contributed by atoms with E-state index >= 15 is 0 Å². The van der Waals surface area contributed by atoms with Crippen molar-refractivity contribution in [3.8, 4) is 17.1 Å². The van der Waals surface area contributed by atoms with Crippen LogP contribution in [0.2, 0.25) is 0 Å². The summed E-state index contributed by atoms with van der Waals surface area (Å²) in [5.41, 5.74) is 1.27. The minimum absolute atomic E-state index is 0.0703. The van der Waals surface area contributed by atoms with Gasteiger partial charge in [0.15, 0.2) is 0 Å². The van der Waals surface area contributed by atoms with Gasteiger partial charge in [-0.1, -0.05) is 0 Å². The van der Waals surface area contributed by atoms with Crippen LogP contribution in [0, 0.1) is 0 Å². The smallest absolute Gasteiger partial charge is 0.449 e. The second-order valence-corrected chi connectivity index (χ2v) is 9.74. The van der Waals surface area contributed by atoms with Crippen molar-refractivity contribution in [2.45, 2.75) is 49.9 Å². The van der Waals surface area contributed by atoms with Gasteiger partial charge in [0.05, 0.1) is 36.5 Å². The Hall–Kier alpha value is -3.80. The number of rotatable bonds is 5. The van der Waals surface area contributed by atoms with Gasteiger partial charge >= 0.3 is 6.18 Å². The lowest BCUT2D eigenvalue weighted by molar-refractivity contribution is -0.147. The molecular weight excluding hydrogens is 501 g/mol. The highest BCUT2D eigenvalue weighted by Gasteiger charge is 2.37. The molecule has 1 aliphatic heterocycles. The Morgan fingerprint density at radius 3 is 2.63 bits per heavy atom. The van der Waals surface area contributed by atoms with Gasteiger partial charge in [-0.2, -0.15) is 18.3 Å². The quantitative estimate of drug-likeness (QED) is 0.375. The summed E-state index contributed by atoms with van der Waals surface area (Å²) >= 11 is 0. The van der Waals surface area contributed by atoms with Crippen LogP contribution in [0.15, 0.2) is 41.6 Å². The monoisotopic (exact) mass is 526 g/mol. The molecule has 198 valence electrons. The summed E-state index contributed by atoms with van der Waals surface area (Å²) < 4.78 is 54.9. The first-order chi connectivity index (χ1) is 18.2. The second-order valence-electron chi connectivity index (χ2n) is 9.74. The predicted octanol–water partition coefficient (Wildman–Crippen LogP) is 4.58. The Bertz CT molecular complexity index is 1560. The number of hydrogen-bond donors (Lipinski definition) is 0. The highest BCUT2D eigenvalue weighted by atomic mass is 19.4. The average Bonchev–Trinajstić information content (AvgIpc) is 3.65. The summed E-state index contributed by atoms with van der Waals surface area (Å²) in [4.78, 5) is 26.0. The Labute approximate surface area is 215 Å². The number of ether oxygens (including phenoxy) is 2. The van der Waals surface area contributed by atoms with Crippen LogP contribution in [0.5, 0.6) is 5.88 Å². The van der Waals surface area contributed by atoms with Gasteiger partial charge in [0, 0.05) is 54.9 Å². The average molecular weight is 527 g/mol. The molecule has 0 bridgehead atoms. The molecule has 4 aromatic heterocycles. The third kappa shape index (κ3) is 4.42. The molecule has 1 aliphatic carbocycles. The lowest BCUT2D eigenvalue weighted by Crippen LogP contribution is -2.28. The number of pyridine rings is 2. The van der Waals surface area contributed by atoms with E-state index in [2.05, 4.69) is 15.1 Å². The van der Waals surface area contributed by atoms with Gasteiger partial charge < -0.3 is 9.47 Å². The van der Waals surface area contributed by atoms with Crippen molar-refractivity contribution in [1.82, 2.24) is 29.3 Å². The number of halogens is 3. The van der Waals surface area contributed by atoms with Crippen molar-refractivity contribution in [3.63, 3.8) is 0 Å².